The number of hydrogen-bond acceptors (Lipinski definition) is 4. The summed E-state index contributed by atoms with van der Waals surface area (Å²) in [6.07, 6.45) is 1.80. The van der Waals surface area contributed by atoms with Gasteiger partial charge in [-0.05, 0) is 18.6 Å². The third-order valence-corrected chi connectivity index (χ3v) is 5.58. The van der Waals surface area contributed by atoms with Crippen molar-refractivity contribution >= 4 is 21.4 Å². The van der Waals surface area contributed by atoms with E-state index >= 15 is 0 Å². The van der Waals surface area contributed by atoms with Crippen LogP contribution in [0.5, 0.6) is 0 Å². The monoisotopic (exact) mass is 360 g/mol. The minimum atomic E-state index is -3.27. The van der Waals surface area contributed by atoms with Gasteiger partial charge in [0.05, 0.1) is 17.0 Å². The molecule has 8 heteroatoms. The Morgan fingerprint density at radius 1 is 1.26 bits per heavy atom. The van der Waals surface area contributed by atoms with Gasteiger partial charge >= 0.3 is 0 Å². The predicted molar refractivity (Wildman–Crippen MR) is 87.9 cm³/mol. The fourth-order valence-corrected chi connectivity index (χ4v) is 4.11. The molecule has 0 saturated heterocycles. The molecule has 0 saturated carbocycles. The van der Waals surface area contributed by atoms with Gasteiger partial charge in [0.1, 0.15) is 16.6 Å². The van der Waals surface area contributed by atoms with E-state index < -0.39 is 21.7 Å². The van der Waals surface area contributed by atoms with Gasteiger partial charge in [0, 0.05) is 18.3 Å². The van der Waals surface area contributed by atoms with Crippen LogP contribution in [-0.2, 0) is 16.4 Å². The minimum Gasteiger partial charge on any atom is -0.241 e. The molecule has 1 heterocycles. The van der Waals surface area contributed by atoms with Crippen LogP contribution in [-0.4, -0.2) is 25.7 Å². The fraction of sp³-hybridized carbons (Fsp3) is 0.400. The molecule has 0 aliphatic carbocycles. The van der Waals surface area contributed by atoms with Crippen molar-refractivity contribution < 1.29 is 17.2 Å². The zero-order valence-corrected chi connectivity index (χ0v) is 14.3. The lowest BCUT2D eigenvalue weighted by molar-refractivity contribution is 0.578. The van der Waals surface area contributed by atoms with E-state index in [9.17, 15) is 17.2 Å². The summed E-state index contributed by atoms with van der Waals surface area (Å²) in [7, 11) is -3.27. The Hall–Kier alpha value is -1.38. The van der Waals surface area contributed by atoms with E-state index in [0.717, 1.165) is 17.8 Å². The zero-order valence-electron chi connectivity index (χ0n) is 12.7. The number of nitrogens with zero attached hydrogens (tertiary/aromatic N) is 1. The van der Waals surface area contributed by atoms with Crippen LogP contribution in [0, 0.1) is 11.6 Å². The van der Waals surface area contributed by atoms with Gasteiger partial charge in [-0.2, -0.15) is 0 Å². The van der Waals surface area contributed by atoms with Crippen molar-refractivity contribution in [2.75, 3.05) is 12.3 Å². The molecule has 0 bridgehead atoms. The molecule has 2 rings (SSSR count). The second kappa shape index (κ2) is 7.94. The number of halogens is 2. The van der Waals surface area contributed by atoms with Crippen LogP contribution in [0.25, 0.3) is 10.6 Å². The van der Waals surface area contributed by atoms with Crippen molar-refractivity contribution in [1.82, 2.24) is 9.71 Å². The molecule has 126 valence electrons. The number of unbranched alkanes of at least 4 members (excludes halogenated alkanes) is 1. The van der Waals surface area contributed by atoms with Crippen LogP contribution in [0.2, 0.25) is 0 Å². The topological polar surface area (TPSA) is 59.1 Å². The number of rotatable bonds is 8. The molecule has 0 radical (unpaired) electrons. The number of benzene rings is 1. The molecule has 1 N–H and O–H groups in total. The second-order valence-electron chi connectivity index (χ2n) is 5.06. The lowest BCUT2D eigenvalue weighted by Crippen LogP contribution is -2.28. The van der Waals surface area contributed by atoms with Crippen molar-refractivity contribution in [2.24, 2.45) is 0 Å². The Balaban J connectivity index is 1.98. The van der Waals surface area contributed by atoms with Crippen LogP contribution in [0.1, 0.15) is 25.5 Å². The Morgan fingerprint density at radius 2 is 1.96 bits per heavy atom. The van der Waals surface area contributed by atoms with Gasteiger partial charge in [-0.15, -0.1) is 11.3 Å². The number of thiazole rings is 1. The van der Waals surface area contributed by atoms with E-state index in [4.69, 9.17) is 0 Å². The van der Waals surface area contributed by atoms with E-state index in [2.05, 4.69) is 9.71 Å². The number of aromatic nitrogens is 1. The summed E-state index contributed by atoms with van der Waals surface area (Å²) in [6.45, 7) is 2.14. The first-order chi connectivity index (χ1) is 10.9. The first-order valence-electron chi connectivity index (χ1n) is 7.29. The van der Waals surface area contributed by atoms with E-state index in [1.807, 2.05) is 6.92 Å². The molecule has 1 aromatic carbocycles. The average Bonchev–Trinajstić information content (AvgIpc) is 2.93. The summed E-state index contributed by atoms with van der Waals surface area (Å²) < 4.78 is 53.3. The minimum absolute atomic E-state index is 0.103. The zero-order chi connectivity index (χ0) is 16.9. The van der Waals surface area contributed by atoms with Gasteiger partial charge in [0.2, 0.25) is 10.0 Å². The molecule has 0 fully saturated rings. The lowest BCUT2D eigenvalue weighted by atomic mass is 10.2. The Morgan fingerprint density at radius 3 is 2.61 bits per heavy atom. The van der Waals surface area contributed by atoms with Gasteiger partial charge in [-0.3, -0.25) is 0 Å². The smallest absolute Gasteiger partial charge is 0.211 e. The highest BCUT2D eigenvalue weighted by atomic mass is 32.2. The SMILES string of the molecule is CCCCS(=O)(=O)NCCc1csc(-c2c(F)cccc2F)n1. The molecular formula is C15H18F2N2O2S2. The second-order valence-corrected chi connectivity index (χ2v) is 7.84. The Bertz CT molecular complexity index is 740. The van der Waals surface area contributed by atoms with Crippen LogP contribution in [0.15, 0.2) is 23.6 Å². The van der Waals surface area contributed by atoms with Gasteiger partial charge < -0.3 is 0 Å². The highest BCUT2D eigenvalue weighted by Gasteiger charge is 2.15. The van der Waals surface area contributed by atoms with Crippen LogP contribution in [0.3, 0.4) is 0 Å². The fourth-order valence-electron chi connectivity index (χ4n) is 1.98. The third kappa shape index (κ3) is 5.05. The standard InChI is InChI=1S/C15H18F2N2O2S2/c1-2-3-9-23(20,21)18-8-7-11-10-22-15(19-11)14-12(16)5-4-6-13(14)17/h4-6,10,18H,2-3,7-9H2,1H3. The van der Waals surface area contributed by atoms with E-state index in [0.29, 0.717) is 18.5 Å². The predicted octanol–water partition coefficient (Wildman–Crippen LogP) is 3.35. The molecule has 0 atom stereocenters. The highest BCUT2D eigenvalue weighted by molar-refractivity contribution is 7.89. The highest BCUT2D eigenvalue weighted by Crippen LogP contribution is 2.28. The van der Waals surface area contributed by atoms with Gasteiger partial charge in [-0.1, -0.05) is 19.4 Å². The first-order valence-corrected chi connectivity index (χ1v) is 9.82. The van der Waals surface area contributed by atoms with Crippen molar-refractivity contribution in [1.29, 1.82) is 0 Å². The van der Waals surface area contributed by atoms with Crippen LogP contribution >= 0.6 is 11.3 Å². The molecule has 0 amide bonds. The quantitative estimate of drug-likeness (QED) is 0.785. The number of hydrogen-bond donors (Lipinski definition) is 1. The van der Waals surface area contributed by atoms with Crippen LogP contribution < -0.4 is 4.72 Å². The van der Waals surface area contributed by atoms with Crippen molar-refractivity contribution in [3.05, 3.63) is 40.9 Å². The summed E-state index contributed by atoms with van der Waals surface area (Å²) in [5, 5.41) is 1.94. The van der Waals surface area contributed by atoms with Crippen molar-refractivity contribution in [3.63, 3.8) is 0 Å². The molecule has 1 aromatic heterocycles. The molecular weight excluding hydrogens is 342 g/mol. The molecule has 0 spiro atoms. The van der Waals surface area contributed by atoms with Crippen LogP contribution in [0.4, 0.5) is 8.78 Å². The summed E-state index contributed by atoms with van der Waals surface area (Å²) in [5.74, 6) is -1.22. The maximum absolute atomic E-state index is 13.7. The third-order valence-electron chi connectivity index (χ3n) is 3.20. The number of sulfonamides is 1. The molecule has 0 aliphatic rings. The number of nitrogens with one attached hydrogen (secondary N) is 1. The molecule has 4 nitrogen and oxygen atoms in total. The largest absolute Gasteiger partial charge is 0.241 e. The summed E-state index contributed by atoms with van der Waals surface area (Å²) >= 11 is 1.13. The first kappa shape index (κ1) is 18.0. The van der Waals surface area contributed by atoms with Crippen molar-refractivity contribution in [3.8, 4) is 10.6 Å². The Kier molecular flexibility index (Phi) is 6.20. The molecule has 23 heavy (non-hydrogen) atoms. The van der Waals surface area contributed by atoms with E-state index in [1.165, 1.54) is 18.2 Å². The van der Waals surface area contributed by atoms with Gasteiger partial charge in [-0.25, -0.2) is 26.9 Å². The average molecular weight is 360 g/mol. The maximum Gasteiger partial charge on any atom is 0.211 e. The molecule has 2 aromatic rings. The van der Waals surface area contributed by atoms with E-state index in [-0.39, 0.29) is 22.9 Å². The molecule has 0 aliphatic heterocycles. The summed E-state index contributed by atoms with van der Waals surface area (Å²) in [6, 6.07) is 3.66. The molecule has 0 unspecified atom stereocenters. The van der Waals surface area contributed by atoms with Crippen molar-refractivity contribution in [2.45, 2.75) is 26.2 Å². The van der Waals surface area contributed by atoms with Gasteiger partial charge in [0.15, 0.2) is 0 Å². The normalized spacial score (nSPS) is 11.8. The lowest BCUT2D eigenvalue weighted by Gasteiger charge is -2.04. The Labute approximate surface area is 138 Å². The summed E-state index contributed by atoms with van der Waals surface area (Å²) in [5.41, 5.74) is 0.457. The van der Waals surface area contributed by atoms with E-state index in [1.54, 1.807) is 5.38 Å². The maximum atomic E-state index is 13.7. The van der Waals surface area contributed by atoms with Gasteiger partial charge in [0.25, 0.3) is 0 Å². The summed E-state index contributed by atoms with van der Waals surface area (Å²) in [4.78, 5) is 4.19.